The van der Waals surface area contributed by atoms with Gasteiger partial charge in [-0.05, 0) is 6.42 Å². The number of carboxylic acids is 1. The maximum absolute atomic E-state index is 11.6. The predicted molar refractivity (Wildman–Crippen MR) is 73.8 cm³/mol. The van der Waals surface area contributed by atoms with Crippen molar-refractivity contribution >= 4 is 11.9 Å². The second-order valence-corrected chi connectivity index (χ2v) is 5.39. The summed E-state index contributed by atoms with van der Waals surface area (Å²) in [7, 11) is 0. The average Bonchev–Trinajstić information content (AvgIpc) is 2.47. The van der Waals surface area contributed by atoms with Crippen molar-refractivity contribution in [3.8, 4) is 0 Å². The predicted octanol–water partition coefficient (Wildman–Crippen LogP) is -0.218. The summed E-state index contributed by atoms with van der Waals surface area (Å²) in [6, 6.07) is 0. The van der Waals surface area contributed by atoms with Gasteiger partial charge in [0.15, 0.2) is 6.10 Å². The van der Waals surface area contributed by atoms with Crippen molar-refractivity contribution < 1.29 is 39.5 Å². The number of ether oxygens (including phenoxy) is 2. The maximum Gasteiger partial charge on any atom is 0.335 e. The number of hydrogen-bond donors (Lipinski definition) is 4. The van der Waals surface area contributed by atoms with Gasteiger partial charge >= 0.3 is 11.9 Å². The zero-order valence-corrected chi connectivity index (χ0v) is 12.6. The first-order chi connectivity index (χ1) is 10.4. The summed E-state index contributed by atoms with van der Waals surface area (Å²) in [6.45, 7) is 2.08. The summed E-state index contributed by atoms with van der Waals surface area (Å²) in [5.41, 5.74) is 0. The molecule has 128 valence electrons. The molecule has 0 spiro atoms. The minimum atomic E-state index is -1.79. The molecule has 1 saturated heterocycles. The molecule has 8 heteroatoms. The van der Waals surface area contributed by atoms with Gasteiger partial charge in [0.05, 0.1) is 0 Å². The first-order valence-corrected chi connectivity index (χ1v) is 7.50. The zero-order valence-electron chi connectivity index (χ0n) is 12.6. The molecule has 22 heavy (non-hydrogen) atoms. The Labute approximate surface area is 128 Å². The fraction of sp³-hybridized carbons (Fsp3) is 0.857. The van der Waals surface area contributed by atoms with Crippen LogP contribution in [0.1, 0.15) is 45.4 Å². The standard InChI is InChI=1S/C14H24O8/c1-2-3-4-5-6-7-8(15)21-14-11(18)9(16)10(17)12(22-14)13(19)20/h9-12,14,16-18H,2-7H2,1H3,(H,19,20). The Morgan fingerprint density at radius 1 is 1.00 bits per heavy atom. The fourth-order valence-corrected chi connectivity index (χ4v) is 2.21. The maximum atomic E-state index is 11.6. The van der Waals surface area contributed by atoms with Crippen molar-refractivity contribution in [1.82, 2.24) is 0 Å². The van der Waals surface area contributed by atoms with Crippen LogP contribution in [-0.2, 0) is 19.1 Å². The van der Waals surface area contributed by atoms with E-state index in [2.05, 4.69) is 6.92 Å². The van der Waals surface area contributed by atoms with E-state index in [4.69, 9.17) is 14.6 Å². The van der Waals surface area contributed by atoms with Gasteiger partial charge in [-0.25, -0.2) is 4.79 Å². The number of carboxylic acid groups (broad SMARTS) is 1. The van der Waals surface area contributed by atoms with Crippen molar-refractivity contribution in [3.63, 3.8) is 0 Å². The molecule has 0 aliphatic carbocycles. The average molecular weight is 320 g/mol. The lowest BCUT2D eigenvalue weighted by atomic mass is 9.99. The number of aliphatic hydroxyl groups excluding tert-OH is 3. The second kappa shape index (κ2) is 9.04. The highest BCUT2D eigenvalue weighted by atomic mass is 16.7. The lowest BCUT2D eigenvalue weighted by molar-refractivity contribution is -0.286. The summed E-state index contributed by atoms with van der Waals surface area (Å²) in [4.78, 5) is 22.6. The first-order valence-electron chi connectivity index (χ1n) is 7.50. The minimum absolute atomic E-state index is 0.118. The zero-order chi connectivity index (χ0) is 16.7. The molecule has 1 aliphatic rings. The third kappa shape index (κ3) is 5.20. The van der Waals surface area contributed by atoms with E-state index < -0.39 is 42.6 Å². The van der Waals surface area contributed by atoms with Gasteiger partial charge in [0.1, 0.15) is 18.3 Å². The molecule has 5 unspecified atom stereocenters. The number of carbonyl (C=O) groups excluding carboxylic acids is 1. The Morgan fingerprint density at radius 2 is 1.64 bits per heavy atom. The molecular weight excluding hydrogens is 296 g/mol. The Hall–Kier alpha value is -1.22. The molecule has 0 aromatic carbocycles. The molecule has 1 rings (SSSR count). The second-order valence-electron chi connectivity index (χ2n) is 5.39. The molecule has 1 aliphatic heterocycles. The third-order valence-electron chi connectivity index (χ3n) is 3.55. The Kier molecular flexibility index (Phi) is 7.74. The number of carbonyl (C=O) groups is 2. The van der Waals surface area contributed by atoms with E-state index in [1.165, 1.54) is 0 Å². The topological polar surface area (TPSA) is 134 Å². The van der Waals surface area contributed by atoms with Crippen LogP contribution in [0.15, 0.2) is 0 Å². The third-order valence-corrected chi connectivity index (χ3v) is 3.55. The molecule has 5 atom stereocenters. The summed E-state index contributed by atoms with van der Waals surface area (Å²) < 4.78 is 9.72. The quantitative estimate of drug-likeness (QED) is 0.356. The number of aliphatic hydroxyl groups is 3. The Morgan fingerprint density at radius 3 is 2.23 bits per heavy atom. The van der Waals surface area contributed by atoms with Crippen LogP contribution in [0.2, 0.25) is 0 Å². The summed E-state index contributed by atoms with van der Waals surface area (Å²) in [5, 5.41) is 37.6. The molecule has 0 amide bonds. The number of unbranched alkanes of at least 4 members (excludes halogenated alkanes) is 4. The van der Waals surface area contributed by atoms with Gasteiger partial charge in [0, 0.05) is 6.42 Å². The van der Waals surface area contributed by atoms with Gasteiger partial charge in [0.2, 0.25) is 6.29 Å². The van der Waals surface area contributed by atoms with Crippen LogP contribution in [0.25, 0.3) is 0 Å². The van der Waals surface area contributed by atoms with Gasteiger partial charge in [-0.3, -0.25) is 4.79 Å². The van der Waals surface area contributed by atoms with E-state index in [9.17, 15) is 24.9 Å². The minimum Gasteiger partial charge on any atom is -0.479 e. The van der Waals surface area contributed by atoms with Crippen LogP contribution < -0.4 is 0 Å². The normalized spacial score (nSPS) is 31.7. The monoisotopic (exact) mass is 320 g/mol. The van der Waals surface area contributed by atoms with E-state index in [0.29, 0.717) is 6.42 Å². The van der Waals surface area contributed by atoms with Crippen LogP contribution in [0, 0.1) is 0 Å². The number of hydrogen-bond acceptors (Lipinski definition) is 7. The first kappa shape index (κ1) is 18.8. The fourth-order valence-electron chi connectivity index (χ4n) is 2.21. The van der Waals surface area contributed by atoms with Crippen molar-refractivity contribution in [1.29, 1.82) is 0 Å². The Bertz CT molecular complexity index is 372. The lowest BCUT2D eigenvalue weighted by Gasteiger charge is -2.37. The number of rotatable bonds is 8. The highest BCUT2D eigenvalue weighted by Gasteiger charge is 2.48. The van der Waals surface area contributed by atoms with Gasteiger partial charge in [-0.1, -0.05) is 32.6 Å². The van der Waals surface area contributed by atoms with E-state index in [-0.39, 0.29) is 6.42 Å². The van der Waals surface area contributed by atoms with Crippen molar-refractivity contribution in [2.24, 2.45) is 0 Å². The molecule has 0 radical (unpaired) electrons. The summed E-state index contributed by atoms with van der Waals surface area (Å²) >= 11 is 0. The van der Waals surface area contributed by atoms with Crippen LogP contribution in [0.5, 0.6) is 0 Å². The van der Waals surface area contributed by atoms with E-state index in [0.717, 1.165) is 25.7 Å². The van der Waals surface area contributed by atoms with Gasteiger partial charge in [-0.2, -0.15) is 0 Å². The van der Waals surface area contributed by atoms with Crippen LogP contribution in [-0.4, -0.2) is 63.1 Å². The highest BCUT2D eigenvalue weighted by Crippen LogP contribution is 2.23. The van der Waals surface area contributed by atoms with E-state index >= 15 is 0 Å². The van der Waals surface area contributed by atoms with Gasteiger partial charge < -0.3 is 29.9 Å². The molecule has 0 aromatic heterocycles. The molecule has 1 fully saturated rings. The van der Waals surface area contributed by atoms with Crippen LogP contribution >= 0.6 is 0 Å². The summed E-state index contributed by atoms with van der Waals surface area (Å²) in [6.07, 6.45) is -3.84. The van der Waals surface area contributed by atoms with E-state index in [1.54, 1.807) is 0 Å². The number of esters is 1. The van der Waals surface area contributed by atoms with Crippen LogP contribution in [0.4, 0.5) is 0 Å². The molecule has 4 N–H and O–H groups in total. The Balaban J connectivity index is 2.45. The van der Waals surface area contributed by atoms with Crippen molar-refractivity contribution in [2.45, 2.75) is 76.2 Å². The molecule has 0 saturated carbocycles. The summed E-state index contributed by atoms with van der Waals surface area (Å²) in [5.74, 6) is -2.16. The number of aliphatic carboxylic acids is 1. The molecule has 1 heterocycles. The van der Waals surface area contributed by atoms with Crippen molar-refractivity contribution in [2.75, 3.05) is 0 Å². The van der Waals surface area contributed by atoms with Gasteiger partial charge in [0.25, 0.3) is 0 Å². The SMILES string of the molecule is CCCCCCCC(=O)OC1OC(C(=O)O)C(O)C(O)C1O. The van der Waals surface area contributed by atoms with Crippen LogP contribution in [0.3, 0.4) is 0 Å². The lowest BCUT2D eigenvalue weighted by Crippen LogP contribution is -2.60. The van der Waals surface area contributed by atoms with Gasteiger partial charge in [-0.15, -0.1) is 0 Å². The molecular formula is C14H24O8. The largest absolute Gasteiger partial charge is 0.479 e. The van der Waals surface area contributed by atoms with Crippen molar-refractivity contribution in [3.05, 3.63) is 0 Å². The molecule has 8 nitrogen and oxygen atoms in total. The molecule has 0 bridgehead atoms. The molecule has 0 aromatic rings. The van der Waals surface area contributed by atoms with E-state index in [1.807, 2.05) is 0 Å². The highest BCUT2D eigenvalue weighted by molar-refractivity contribution is 5.73. The smallest absolute Gasteiger partial charge is 0.335 e.